The highest BCUT2D eigenvalue weighted by Gasteiger charge is 2.20. The summed E-state index contributed by atoms with van der Waals surface area (Å²) in [5, 5.41) is 4.32. The number of rotatable bonds is 3. The molecule has 3 rings (SSSR count). The standard InChI is InChI=1S/C17H15FN2O/c1-12-16(18)17(14-10-6-7-11-15(14)21-2)20(19-12)13-8-4-3-5-9-13/h3-11H,1-2H3. The predicted molar refractivity (Wildman–Crippen MR) is 80.2 cm³/mol. The van der Waals surface area contributed by atoms with Crippen LogP contribution in [-0.4, -0.2) is 16.9 Å². The van der Waals surface area contributed by atoms with E-state index in [-0.39, 0.29) is 5.82 Å². The van der Waals surface area contributed by atoms with Crippen molar-refractivity contribution in [3.05, 3.63) is 66.1 Å². The van der Waals surface area contributed by atoms with E-state index >= 15 is 0 Å². The number of ether oxygens (including phenoxy) is 1. The quantitative estimate of drug-likeness (QED) is 0.726. The third kappa shape index (κ3) is 2.29. The lowest BCUT2D eigenvalue weighted by Crippen LogP contribution is -2.00. The average molecular weight is 282 g/mol. The summed E-state index contributed by atoms with van der Waals surface area (Å²) in [6, 6.07) is 16.9. The molecule has 0 spiro atoms. The Morgan fingerprint density at radius 1 is 1.00 bits per heavy atom. The van der Waals surface area contributed by atoms with Crippen LogP contribution in [-0.2, 0) is 0 Å². The smallest absolute Gasteiger partial charge is 0.172 e. The number of benzene rings is 2. The first-order chi connectivity index (χ1) is 10.2. The molecular weight excluding hydrogens is 267 g/mol. The number of hydrogen-bond donors (Lipinski definition) is 0. The van der Waals surface area contributed by atoms with Gasteiger partial charge in [-0.2, -0.15) is 5.10 Å². The van der Waals surface area contributed by atoms with Crippen molar-refractivity contribution >= 4 is 0 Å². The Morgan fingerprint density at radius 2 is 1.67 bits per heavy atom. The number of aryl methyl sites for hydroxylation is 1. The molecule has 0 N–H and O–H groups in total. The van der Waals surface area contributed by atoms with Gasteiger partial charge in [0.25, 0.3) is 0 Å². The van der Waals surface area contributed by atoms with Gasteiger partial charge in [0.1, 0.15) is 11.4 Å². The normalized spacial score (nSPS) is 10.6. The maximum Gasteiger partial charge on any atom is 0.172 e. The Kier molecular flexibility index (Phi) is 3.44. The van der Waals surface area contributed by atoms with E-state index < -0.39 is 0 Å². The lowest BCUT2D eigenvalue weighted by molar-refractivity contribution is 0.416. The van der Waals surface area contributed by atoms with Gasteiger partial charge in [0, 0.05) is 5.56 Å². The van der Waals surface area contributed by atoms with Crippen molar-refractivity contribution in [3.63, 3.8) is 0 Å². The van der Waals surface area contributed by atoms with Crippen LogP contribution in [0.5, 0.6) is 5.75 Å². The minimum absolute atomic E-state index is 0.330. The van der Waals surface area contributed by atoms with Gasteiger partial charge in [-0.05, 0) is 31.2 Å². The lowest BCUT2D eigenvalue weighted by Gasteiger charge is -2.11. The molecule has 0 aliphatic rings. The molecule has 0 aliphatic heterocycles. The van der Waals surface area contributed by atoms with Gasteiger partial charge < -0.3 is 4.74 Å². The molecule has 1 heterocycles. The maximum atomic E-state index is 14.6. The van der Waals surface area contributed by atoms with Crippen LogP contribution in [0.3, 0.4) is 0 Å². The van der Waals surface area contributed by atoms with Gasteiger partial charge in [-0.3, -0.25) is 0 Å². The zero-order chi connectivity index (χ0) is 14.8. The summed E-state index contributed by atoms with van der Waals surface area (Å²) >= 11 is 0. The van der Waals surface area contributed by atoms with E-state index in [1.54, 1.807) is 18.7 Å². The minimum Gasteiger partial charge on any atom is -0.496 e. The van der Waals surface area contributed by atoms with E-state index in [1.807, 2.05) is 54.6 Å². The zero-order valence-electron chi connectivity index (χ0n) is 11.9. The van der Waals surface area contributed by atoms with Crippen molar-refractivity contribution in [1.29, 1.82) is 0 Å². The summed E-state index contributed by atoms with van der Waals surface area (Å²) in [5.74, 6) is 0.289. The van der Waals surface area contributed by atoms with E-state index in [4.69, 9.17) is 4.74 Å². The SMILES string of the molecule is COc1ccccc1-c1c(F)c(C)nn1-c1ccccc1. The molecule has 0 radical (unpaired) electrons. The van der Waals surface area contributed by atoms with Crippen LogP contribution in [0.1, 0.15) is 5.69 Å². The second kappa shape index (κ2) is 5.40. The second-order valence-corrected chi connectivity index (χ2v) is 4.70. The van der Waals surface area contributed by atoms with Crippen molar-refractivity contribution in [1.82, 2.24) is 9.78 Å². The summed E-state index contributed by atoms with van der Waals surface area (Å²) in [7, 11) is 1.58. The minimum atomic E-state index is -0.330. The summed E-state index contributed by atoms with van der Waals surface area (Å²) < 4.78 is 21.5. The van der Waals surface area contributed by atoms with E-state index in [0.29, 0.717) is 22.7 Å². The van der Waals surface area contributed by atoms with Gasteiger partial charge in [0.05, 0.1) is 18.5 Å². The largest absolute Gasteiger partial charge is 0.496 e. The van der Waals surface area contributed by atoms with Crippen LogP contribution < -0.4 is 4.74 Å². The predicted octanol–water partition coefficient (Wildman–Crippen LogP) is 4.00. The number of halogens is 1. The molecule has 0 aliphatic carbocycles. The monoisotopic (exact) mass is 282 g/mol. The molecule has 0 saturated carbocycles. The first kappa shape index (κ1) is 13.4. The van der Waals surface area contributed by atoms with Crippen LogP contribution in [0, 0.1) is 12.7 Å². The highest BCUT2D eigenvalue weighted by atomic mass is 19.1. The lowest BCUT2D eigenvalue weighted by atomic mass is 10.1. The molecule has 3 aromatic rings. The second-order valence-electron chi connectivity index (χ2n) is 4.70. The summed E-state index contributed by atoms with van der Waals surface area (Å²) in [6.07, 6.45) is 0. The maximum absolute atomic E-state index is 14.6. The fraction of sp³-hybridized carbons (Fsp3) is 0.118. The fourth-order valence-corrected chi connectivity index (χ4v) is 2.34. The molecule has 3 nitrogen and oxygen atoms in total. The van der Waals surface area contributed by atoms with Crippen molar-refractivity contribution in [3.8, 4) is 22.7 Å². The van der Waals surface area contributed by atoms with Crippen molar-refractivity contribution in [2.75, 3.05) is 7.11 Å². The molecule has 0 amide bonds. The molecular formula is C17H15FN2O. The zero-order valence-corrected chi connectivity index (χ0v) is 11.9. The molecule has 2 aromatic carbocycles. The molecule has 0 bridgehead atoms. The van der Waals surface area contributed by atoms with Crippen molar-refractivity contribution in [2.45, 2.75) is 6.92 Å². The Hall–Kier alpha value is -2.62. The Morgan fingerprint density at radius 3 is 2.38 bits per heavy atom. The van der Waals surface area contributed by atoms with Crippen molar-refractivity contribution in [2.24, 2.45) is 0 Å². The molecule has 1 aromatic heterocycles. The van der Waals surface area contributed by atoms with Gasteiger partial charge >= 0.3 is 0 Å². The summed E-state index contributed by atoms with van der Waals surface area (Å²) in [4.78, 5) is 0. The van der Waals surface area contributed by atoms with Gasteiger partial charge in [0.2, 0.25) is 0 Å². The van der Waals surface area contributed by atoms with Crippen LogP contribution in [0.2, 0.25) is 0 Å². The highest BCUT2D eigenvalue weighted by Crippen LogP contribution is 2.34. The van der Waals surface area contributed by atoms with E-state index in [0.717, 1.165) is 5.69 Å². The number of methoxy groups -OCH3 is 1. The molecule has 0 atom stereocenters. The summed E-state index contributed by atoms with van der Waals surface area (Å²) in [6.45, 7) is 1.66. The molecule has 0 saturated heterocycles. The fourth-order valence-electron chi connectivity index (χ4n) is 2.34. The van der Waals surface area contributed by atoms with E-state index in [2.05, 4.69) is 5.10 Å². The topological polar surface area (TPSA) is 27.1 Å². The molecule has 106 valence electrons. The molecule has 21 heavy (non-hydrogen) atoms. The average Bonchev–Trinajstić information content (AvgIpc) is 2.83. The Balaban J connectivity index is 2.28. The molecule has 0 unspecified atom stereocenters. The number of nitrogens with zero attached hydrogens (tertiary/aromatic N) is 2. The number of para-hydroxylation sites is 2. The van der Waals surface area contributed by atoms with Crippen LogP contribution in [0.4, 0.5) is 4.39 Å². The van der Waals surface area contributed by atoms with Gasteiger partial charge in [-0.15, -0.1) is 0 Å². The Labute approximate surface area is 122 Å². The van der Waals surface area contributed by atoms with Gasteiger partial charge in [0.15, 0.2) is 5.82 Å². The third-order valence-electron chi connectivity index (χ3n) is 3.35. The third-order valence-corrected chi connectivity index (χ3v) is 3.35. The number of aromatic nitrogens is 2. The van der Waals surface area contributed by atoms with Gasteiger partial charge in [-0.1, -0.05) is 30.3 Å². The van der Waals surface area contributed by atoms with Crippen LogP contribution in [0.25, 0.3) is 16.9 Å². The number of hydrogen-bond acceptors (Lipinski definition) is 2. The van der Waals surface area contributed by atoms with Crippen LogP contribution in [0.15, 0.2) is 54.6 Å². The Bertz CT molecular complexity index is 766. The highest BCUT2D eigenvalue weighted by molar-refractivity contribution is 5.70. The first-order valence-corrected chi connectivity index (χ1v) is 6.66. The summed E-state index contributed by atoms with van der Waals surface area (Å²) in [5.41, 5.74) is 2.27. The van der Waals surface area contributed by atoms with Gasteiger partial charge in [-0.25, -0.2) is 9.07 Å². The van der Waals surface area contributed by atoms with Crippen molar-refractivity contribution < 1.29 is 9.13 Å². The first-order valence-electron chi connectivity index (χ1n) is 6.66. The van der Waals surface area contributed by atoms with E-state index in [9.17, 15) is 4.39 Å². The van der Waals surface area contributed by atoms with Crippen LogP contribution >= 0.6 is 0 Å². The molecule has 0 fully saturated rings. The molecule has 4 heteroatoms. The van der Waals surface area contributed by atoms with E-state index in [1.165, 1.54) is 0 Å².